The molecule has 0 saturated heterocycles. The van der Waals surface area contributed by atoms with Crippen LogP contribution in [0.2, 0.25) is 0 Å². The summed E-state index contributed by atoms with van der Waals surface area (Å²) in [6.07, 6.45) is -2.80. The molecule has 0 aliphatic carbocycles. The van der Waals surface area contributed by atoms with Crippen molar-refractivity contribution >= 4 is 28.6 Å². The van der Waals surface area contributed by atoms with Gasteiger partial charge in [-0.2, -0.15) is 5.26 Å². The SMILES string of the molecule is COC(=O)c1cc(C(F)F)c(C#N)cc1I. The lowest BCUT2D eigenvalue weighted by molar-refractivity contribution is 0.0599. The van der Waals surface area contributed by atoms with Crippen molar-refractivity contribution in [3.63, 3.8) is 0 Å². The molecule has 0 spiro atoms. The molecule has 0 aromatic heterocycles. The first-order valence-electron chi connectivity index (χ1n) is 4.11. The summed E-state index contributed by atoms with van der Waals surface area (Å²) in [6.45, 7) is 0. The van der Waals surface area contributed by atoms with Crippen LogP contribution in [0.3, 0.4) is 0 Å². The number of esters is 1. The number of nitrogens with zero attached hydrogens (tertiary/aromatic N) is 1. The van der Waals surface area contributed by atoms with Crippen LogP contribution in [0.25, 0.3) is 0 Å². The van der Waals surface area contributed by atoms with Gasteiger partial charge in [0.25, 0.3) is 6.43 Å². The smallest absolute Gasteiger partial charge is 0.338 e. The second kappa shape index (κ2) is 5.21. The average molecular weight is 337 g/mol. The normalized spacial score (nSPS) is 10.0. The number of ether oxygens (including phenoxy) is 1. The van der Waals surface area contributed by atoms with E-state index in [0.29, 0.717) is 3.57 Å². The fourth-order valence-corrected chi connectivity index (χ4v) is 1.82. The third kappa shape index (κ3) is 2.47. The van der Waals surface area contributed by atoms with E-state index in [4.69, 9.17) is 5.26 Å². The molecule has 84 valence electrons. The fourth-order valence-electron chi connectivity index (χ4n) is 1.13. The highest BCUT2D eigenvalue weighted by Gasteiger charge is 2.19. The van der Waals surface area contributed by atoms with Gasteiger partial charge in [-0.25, -0.2) is 13.6 Å². The zero-order chi connectivity index (χ0) is 12.3. The summed E-state index contributed by atoms with van der Waals surface area (Å²) in [5.74, 6) is -0.698. The van der Waals surface area contributed by atoms with Crippen LogP contribution in [0.5, 0.6) is 0 Å². The molecule has 0 heterocycles. The lowest BCUT2D eigenvalue weighted by atomic mass is 10.1. The maximum absolute atomic E-state index is 12.6. The van der Waals surface area contributed by atoms with Crippen molar-refractivity contribution in [1.82, 2.24) is 0 Å². The topological polar surface area (TPSA) is 50.1 Å². The Morgan fingerprint density at radius 2 is 2.19 bits per heavy atom. The Morgan fingerprint density at radius 3 is 2.62 bits per heavy atom. The second-order valence-corrected chi connectivity index (χ2v) is 3.99. The number of rotatable bonds is 2. The monoisotopic (exact) mass is 337 g/mol. The van der Waals surface area contributed by atoms with Crippen molar-refractivity contribution in [2.75, 3.05) is 7.11 Å². The van der Waals surface area contributed by atoms with Crippen LogP contribution < -0.4 is 0 Å². The van der Waals surface area contributed by atoms with Gasteiger partial charge in [-0.3, -0.25) is 0 Å². The highest BCUT2D eigenvalue weighted by molar-refractivity contribution is 14.1. The molecule has 1 aromatic carbocycles. The molecular formula is C10H6F2INO2. The standard InChI is InChI=1S/C10H6F2INO2/c1-16-10(15)7-3-6(9(11)12)5(4-14)2-8(7)13/h2-3,9H,1H3. The van der Waals surface area contributed by atoms with Crippen molar-refractivity contribution in [3.8, 4) is 6.07 Å². The van der Waals surface area contributed by atoms with Crippen LogP contribution in [-0.2, 0) is 4.74 Å². The molecule has 3 nitrogen and oxygen atoms in total. The van der Waals surface area contributed by atoms with Gasteiger partial charge in [-0.1, -0.05) is 0 Å². The van der Waals surface area contributed by atoms with Gasteiger partial charge < -0.3 is 4.74 Å². The van der Waals surface area contributed by atoms with Crippen LogP contribution in [-0.4, -0.2) is 13.1 Å². The zero-order valence-corrected chi connectivity index (χ0v) is 10.3. The van der Waals surface area contributed by atoms with Crippen molar-refractivity contribution in [2.45, 2.75) is 6.43 Å². The maximum atomic E-state index is 12.6. The number of methoxy groups -OCH3 is 1. The first-order chi connectivity index (χ1) is 7.51. The van der Waals surface area contributed by atoms with Crippen LogP contribution in [0.4, 0.5) is 8.78 Å². The fraction of sp³-hybridized carbons (Fsp3) is 0.200. The van der Waals surface area contributed by atoms with Crippen molar-refractivity contribution in [2.24, 2.45) is 0 Å². The Balaban J connectivity index is 3.40. The average Bonchev–Trinajstić information content (AvgIpc) is 2.27. The summed E-state index contributed by atoms with van der Waals surface area (Å²) in [4.78, 5) is 11.3. The van der Waals surface area contributed by atoms with Crippen molar-refractivity contribution in [3.05, 3.63) is 32.4 Å². The summed E-state index contributed by atoms with van der Waals surface area (Å²) in [5, 5.41) is 8.68. The lowest BCUT2D eigenvalue weighted by Crippen LogP contribution is -2.06. The molecule has 0 atom stereocenters. The van der Waals surface area contributed by atoms with E-state index >= 15 is 0 Å². The first kappa shape index (κ1) is 12.8. The maximum Gasteiger partial charge on any atom is 0.338 e. The van der Waals surface area contributed by atoms with Gasteiger partial charge >= 0.3 is 5.97 Å². The predicted octanol–water partition coefficient (Wildman–Crippen LogP) is 2.89. The van der Waals surface area contributed by atoms with Gasteiger partial charge in [0, 0.05) is 9.13 Å². The number of hydrogen-bond donors (Lipinski definition) is 0. The molecule has 0 aliphatic rings. The second-order valence-electron chi connectivity index (χ2n) is 2.82. The molecule has 0 aliphatic heterocycles. The third-order valence-corrected chi connectivity index (χ3v) is 2.79. The largest absolute Gasteiger partial charge is 0.465 e. The van der Waals surface area contributed by atoms with E-state index in [9.17, 15) is 13.6 Å². The highest BCUT2D eigenvalue weighted by atomic mass is 127. The first-order valence-corrected chi connectivity index (χ1v) is 5.19. The molecule has 0 fully saturated rings. The van der Waals surface area contributed by atoms with Gasteiger partial charge in [0.2, 0.25) is 0 Å². The molecule has 1 rings (SSSR count). The van der Waals surface area contributed by atoms with E-state index in [2.05, 4.69) is 4.74 Å². The van der Waals surface area contributed by atoms with E-state index in [-0.39, 0.29) is 11.1 Å². The molecular weight excluding hydrogens is 331 g/mol. The van der Waals surface area contributed by atoms with Gasteiger partial charge in [0.05, 0.1) is 24.3 Å². The number of carbonyl (C=O) groups is 1. The van der Waals surface area contributed by atoms with E-state index in [1.807, 2.05) is 0 Å². The minimum Gasteiger partial charge on any atom is -0.465 e. The number of halogens is 3. The van der Waals surface area contributed by atoms with Crippen LogP contribution >= 0.6 is 22.6 Å². The van der Waals surface area contributed by atoms with E-state index < -0.39 is 18.0 Å². The number of alkyl halides is 2. The van der Waals surface area contributed by atoms with E-state index in [1.54, 1.807) is 28.7 Å². The number of nitriles is 1. The predicted molar refractivity (Wildman–Crippen MR) is 60.2 cm³/mol. The minimum absolute atomic E-state index is 0.0393. The molecule has 6 heteroatoms. The highest BCUT2D eigenvalue weighted by Crippen LogP contribution is 2.27. The number of benzene rings is 1. The Morgan fingerprint density at radius 1 is 1.56 bits per heavy atom. The quantitative estimate of drug-likeness (QED) is 0.616. The lowest BCUT2D eigenvalue weighted by Gasteiger charge is -2.07. The van der Waals surface area contributed by atoms with Gasteiger partial charge in [-0.15, -0.1) is 0 Å². The summed E-state index contributed by atoms with van der Waals surface area (Å²) in [7, 11) is 1.17. The van der Waals surface area contributed by atoms with Gasteiger partial charge in [-0.05, 0) is 34.7 Å². The molecule has 0 N–H and O–H groups in total. The zero-order valence-electron chi connectivity index (χ0n) is 8.13. The molecule has 16 heavy (non-hydrogen) atoms. The van der Waals surface area contributed by atoms with Gasteiger partial charge in [0.1, 0.15) is 0 Å². The van der Waals surface area contributed by atoms with Gasteiger partial charge in [0.15, 0.2) is 0 Å². The minimum atomic E-state index is -2.80. The summed E-state index contributed by atoms with van der Waals surface area (Å²) in [6, 6.07) is 3.91. The van der Waals surface area contributed by atoms with Crippen molar-refractivity contribution < 1.29 is 18.3 Å². The van der Waals surface area contributed by atoms with Crippen molar-refractivity contribution in [1.29, 1.82) is 5.26 Å². The number of carbonyl (C=O) groups excluding carboxylic acids is 1. The Kier molecular flexibility index (Phi) is 4.18. The molecule has 0 bridgehead atoms. The summed E-state index contributed by atoms with van der Waals surface area (Å²) < 4.78 is 30.0. The molecule has 0 radical (unpaired) electrons. The Labute approximate surface area is 104 Å². The summed E-state index contributed by atoms with van der Waals surface area (Å²) in [5.41, 5.74) is -0.548. The molecule has 0 amide bonds. The van der Waals surface area contributed by atoms with Crippen LogP contribution in [0.1, 0.15) is 27.9 Å². The molecule has 0 saturated carbocycles. The molecule has 1 aromatic rings. The Bertz CT molecular complexity index is 469. The Hall–Kier alpha value is -1.23. The third-order valence-electron chi connectivity index (χ3n) is 1.90. The van der Waals surface area contributed by atoms with Crippen LogP contribution in [0, 0.1) is 14.9 Å². The summed E-state index contributed by atoms with van der Waals surface area (Å²) >= 11 is 1.79. The number of hydrogen-bond acceptors (Lipinski definition) is 3. The van der Waals surface area contributed by atoms with Crippen LogP contribution in [0.15, 0.2) is 12.1 Å². The van der Waals surface area contributed by atoms with E-state index in [0.717, 1.165) is 6.07 Å². The van der Waals surface area contributed by atoms with E-state index in [1.165, 1.54) is 13.2 Å². The molecule has 0 unspecified atom stereocenters.